The average Bonchev–Trinajstić information content (AvgIpc) is 3.35. The number of furan rings is 1. The van der Waals surface area contributed by atoms with Crippen molar-refractivity contribution in [3.05, 3.63) is 83.6 Å². The number of nitrogens with zero attached hydrogens (tertiary/aromatic N) is 2. The maximum absolute atomic E-state index is 13.3. The Morgan fingerprint density at radius 2 is 1.63 bits per heavy atom. The Morgan fingerprint density at radius 1 is 0.914 bits per heavy atom. The molecule has 1 fully saturated rings. The zero-order valence-corrected chi connectivity index (χ0v) is 19.1. The molecule has 9 nitrogen and oxygen atoms in total. The average molecular weight is 474 g/mol. The Labute approximate surface area is 201 Å². The number of hydrogen-bond donors (Lipinski definition) is 0. The van der Waals surface area contributed by atoms with Crippen molar-refractivity contribution in [3.8, 4) is 11.3 Å². The fourth-order valence-corrected chi connectivity index (χ4v) is 3.66. The summed E-state index contributed by atoms with van der Waals surface area (Å²) >= 11 is 0. The molecule has 1 aliphatic heterocycles. The minimum Gasteiger partial charge on any atom is -0.465 e. The molecule has 0 radical (unpaired) electrons. The molecule has 1 aliphatic rings. The number of amides is 4. The Balaban J connectivity index is 1.74. The van der Waals surface area contributed by atoms with E-state index in [1.165, 1.54) is 20.3 Å². The predicted octanol–water partition coefficient (Wildman–Crippen LogP) is 3.76. The molecule has 0 spiro atoms. The second-order valence-corrected chi connectivity index (χ2v) is 7.51. The van der Waals surface area contributed by atoms with Crippen molar-refractivity contribution in [2.75, 3.05) is 32.3 Å². The number of para-hydroxylation sites is 1. The maximum Gasteiger partial charge on any atom is 0.338 e. The highest BCUT2D eigenvalue weighted by atomic mass is 16.5. The molecule has 0 bridgehead atoms. The number of urea groups is 1. The van der Waals surface area contributed by atoms with Crippen molar-refractivity contribution in [3.63, 3.8) is 0 Å². The topological polar surface area (TPSA) is 106 Å². The molecule has 0 N–H and O–H groups in total. The fourth-order valence-electron chi connectivity index (χ4n) is 3.66. The number of carbonyl (C=O) groups excluding carboxylic acids is 4. The molecule has 4 rings (SSSR count). The molecule has 35 heavy (non-hydrogen) atoms. The van der Waals surface area contributed by atoms with Crippen LogP contribution in [0.25, 0.3) is 17.4 Å². The maximum atomic E-state index is 13.3. The van der Waals surface area contributed by atoms with Crippen LogP contribution in [0.15, 0.2) is 76.7 Å². The number of anilines is 1. The van der Waals surface area contributed by atoms with E-state index < -0.39 is 23.8 Å². The van der Waals surface area contributed by atoms with Gasteiger partial charge in [-0.05, 0) is 36.4 Å². The van der Waals surface area contributed by atoms with E-state index in [1.807, 2.05) is 0 Å². The number of carbonyl (C=O) groups is 4. The number of benzene rings is 2. The van der Waals surface area contributed by atoms with Crippen molar-refractivity contribution >= 4 is 35.6 Å². The lowest BCUT2D eigenvalue weighted by atomic mass is 10.1. The van der Waals surface area contributed by atoms with Crippen LogP contribution in [0, 0.1) is 0 Å². The van der Waals surface area contributed by atoms with Crippen molar-refractivity contribution < 1.29 is 33.1 Å². The molecule has 2 aromatic carbocycles. The van der Waals surface area contributed by atoms with E-state index in [0.717, 1.165) is 9.80 Å². The molecular formula is C26H22N2O7. The van der Waals surface area contributed by atoms with Crippen LogP contribution in [0.3, 0.4) is 0 Å². The van der Waals surface area contributed by atoms with Crippen LogP contribution in [0.4, 0.5) is 10.5 Å². The van der Waals surface area contributed by atoms with E-state index in [-0.39, 0.29) is 24.5 Å². The number of rotatable bonds is 7. The standard InChI is InChI=1S/C26H22N2O7/c1-33-15-14-27-23(29)21(24(30)28(26(27)32)17-8-4-3-5-9-17)16-18-12-13-22(35-18)19-10-6-7-11-20(19)25(31)34-2/h3-13,16H,14-15H2,1-2H3/b21-16-. The Kier molecular flexibility index (Phi) is 6.88. The van der Waals surface area contributed by atoms with Crippen molar-refractivity contribution in [1.82, 2.24) is 4.90 Å². The van der Waals surface area contributed by atoms with Crippen LogP contribution >= 0.6 is 0 Å². The molecule has 178 valence electrons. The third-order valence-corrected chi connectivity index (χ3v) is 5.38. The fraction of sp³-hybridized carbons (Fsp3) is 0.154. The highest BCUT2D eigenvalue weighted by molar-refractivity contribution is 6.39. The van der Waals surface area contributed by atoms with E-state index in [2.05, 4.69) is 0 Å². The first-order valence-corrected chi connectivity index (χ1v) is 10.7. The third-order valence-electron chi connectivity index (χ3n) is 5.38. The molecule has 9 heteroatoms. The summed E-state index contributed by atoms with van der Waals surface area (Å²) in [6.07, 6.45) is 1.29. The van der Waals surface area contributed by atoms with Gasteiger partial charge >= 0.3 is 12.0 Å². The quantitative estimate of drug-likeness (QED) is 0.292. The Bertz CT molecular complexity index is 1310. The van der Waals surface area contributed by atoms with Gasteiger partial charge in [0, 0.05) is 12.7 Å². The molecule has 0 aliphatic carbocycles. The molecule has 0 saturated carbocycles. The van der Waals surface area contributed by atoms with Crippen LogP contribution < -0.4 is 4.90 Å². The van der Waals surface area contributed by atoms with Gasteiger partial charge in [-0.1, -0.05) is 36.4 Å². The smallest absolute Gasteiger partial charge is 0.338 e. The van der Waals surface area contributed by atoms with E-state index in [1.54, 1.807) is 66.7 Å². The zero-order valence-electron chi connectivity index (χ0n) is 19.1. The summed E-state index contributed by atoms with van der Waals surface area (Å²) in [5.41, 5.74) is 0.884. The van der Waals surface area contributed by atoms with Gasteiger partial charge in [0.05, 0.1) is 31.5 Å². The van der Waals surface area contributed by atoms with Gasteiger partial charge in [-0.2, -0.15) is 0 Å². The van der Waals surface area contributed by atoms with Gasteiger partial charge in [-0.25, -0.2) is 14.5 Å². The SMILES string of the molecule is COCCN1C(=O)/C(=C/c2ccc(-c3ccccc3C(=O)OC)o2)C(=O)N(c2ccccc2)C1=O. The molecule has 0 atom stereocenters. The minimum absolute atomic E-state index is 0.0297. The summed E-state index contributed by atoms with van der Waals surface area (Å²) < 4.78 is 15.7. The minimum atomic E-state index is -0.771. The first-order valence-electron chi connectivity index (χ1n) is 10.7. The summed E-state index contributed by atoms with van der Waals surface area (Å²) in [5, 5.41) is 0. The summed E-state index contributed by atoms with van der Waals surface area (Å²) in [4.78, 5) is 53.5. The lowest BCUT2D eigenvalue weighted by molar-refractivity contribution is -0.129. The van der Waals surface area contributed by atoms with Crippen molar-refractivity contribution in [2.24, 2.45) is 0 Å². The molecule has 0 unspecified atom stereocenters. The molecule has 4 amide bonds. The molecule has 2 heterocycles. The van der Waals surface area contributed by atoms with Gasteiger partial charge in [0.2, 0.25) is 0 Å². The number of imide groups is 2. The number of methoxy groups -OCH3 is 2. The van der Waals surface area contributed by atoms with E-state index in [9.17, 15) is 19.2 Å². The van der Waals surface area contributed by atoms with Gasteiger partial charge in [-0.3, -0.25) is 14.5 Å². The van der Waals surface area contributed by atoms with Gasteiger partial charge in [0.15, 0.2) is 0 Å². The largest absolute Gasteiger partial charge is 0.465 e. The Morgan fingerprint density at radius 3 is 2.34 bits per heavy atom. The molecule has 3 aromatic rings. The van der Waals surface area contributed by atoms with Crippen LogP contribution in [-0.2, 0) is 19.1 Å². The van der Waals surface area contributed by atoms with Gasteiger partial charge in [-0.15, -0.1) is 0 Å². The molecule has 1 saturated heterocycles. The summed E-state index contributed by atoms with van der Waals surface area (Å²) in [7, 11) is 2.73. The van der Waals surface area contributed by atoms with Gasteiger partial charge < -0.3 is 13.9 Å². The highest BCUT2D eigenvalue weighted by Gasteiger charge is 2.42. The van der Waals surface area contributed by atoms with Crippen LogP contribution in [0.5, 0.6) is 0 Å². The van der Waals surface area contributed by atoms with Crippen LogP contribution in [0.2, 0.25) is 0 Å². The van der Waals surface area contributed by atoms with Gasteiger partial charge in [0.25, 0.3) is 11.8 Å². The van der Waals surface area contributed by atoms with E-state index >= 15 is 0 Å². The first-order chi connectivity index (χ1) is 17.0. The second-order valence-electron chi connectivity index (χ2n) is 7.51. The highest BCUT2D eigenvalue weighted by Crippen LogP contribution is 2.29. The van der Waals surface area contributed by atoms with E-state index in [0.29, 0.717) is 22.6 Å². The second kappa shape index (κ2) is 10.2. The summed E-state index contributed by atoms with van der Waals surface area (Å²) in [6.45, 7) is 0.0782. The van der Waals surface area contributed by atoms with Crippen molar-refractivity contribution in [2.45, 2.75) is 0 Å². The number of esters is 1. The van der Waals surface area contributed by atoms with Crippen molar-refractivity contribution in [1.29, 1.82) is 0 Å². The van der Waals surface area contributed by atoms with E-state index in [4.69, 9.17) is 13.9 Å². The Hall–Kier alpha value is -4.50. The molecule has 1 aromatic heterocycles. The zero-order chi connectivity index (χ0) is 24.9. The normalized spacial score (nSPS) is 15.1. The number of ether oxygens (including phenoxy) is 2. The monoisotopic (exact) mass is 474 g/mol. The third kappa shape index (κ3) is 4.62. The number of hydrogen-bond acceptors (Lipinski definition) is 7. The lowest BCUT2D eigenvalue weighted by Gasteiger charge is -2.33. The van der Waals surface area contributed by atoms with Crippen LogP contribution in [-0.4, -0.2) is 56.1 Å². The first kappa shape index (κ1) is 23.7. The van der Waals surface area contributed by atoms with Gasteiger partial charge in [0.1, 0.15) is 17.1 Å². The van der Waals surface area contributed by atoms with Crippen LogP contribution in [0.1, 0.15) is 16.1 Å². The summed E-state index contributed by atoms with van der Waals surface area (Å²) in [6, 6.07) is 17.5. The predicted molar refractivity (Wildman–Crippen MR) is 126 cm³/mol. The lowest BCUT2D eigenvalue weighted by Crippen LogP contribution is -2.57. The number of barbiturate groups is 1. The summed E-state index contributed by atoms with van der Waals surface area (Å²) in [5.74, 6) is -1.50. The molecular weight excluding hydrogens is 452 g/mol.